The van der Waals surface area contributed by atoms with Gasteiger partial charge >= 0.3 is 5.69 Å². The number of nitro groups is 1. The van der Waals surface area contributed by atoms with E-state index in [-0.39, 0.29) is 10.6 Å². The van der Waals surface area contributed by atoms with E-state index in [1.807, 2.05) is 20.0 Å². The van der Waals surface area contributed by atoms with Crippen molar-refractivity contribution in [3.05, 3.63) is 33.3 Å². The molecule has 0 aromatic carbocycles. The minimum atomic E-state index is -0.367. The summed E-state index contributed by atoms with van der Waals surface area (Å²) in [5.41, 5.74) is 2.83. The molecule has 2 heterocycles. The summed E-state index contributed by atoms with van der Waals surface area (Å²) in [7, 11) is 1.72. The molecule has 114 valence electrons. The van der Waals surface area contributed by atoms with Crippen LogP contribution in [0.2, 0.25) is 0 Å². The third kappa shape index (κ3) is 3.21. The van der Waals surface area contributed by atoms with E-state index >= 15 is 0 Å². The van der Waals surface area contributed by atoms with Crippen LogP contribution in [0.4, 0.5) is 11.5 Å². The number of rotatable bonds is 7. The minimum Gasteiger partial charge on any atom is -0.365 e. The van der Waals surface area contributed by atoms with E-state index in [4.69, 9.17) is 0 Å². The number of aromatic nitrogens is 4. The first kappa shape index (κ1) is 15.0. The van der Waals surface area contributed by atoms with Gasteiger partial charge in [0.05, 0.1) is 11.1 Å². The van der Waals surface area contributed by atoms with E-state index in [0.717, 1.165) is 18.5 Å². The lowest BCUT2D eigenvalue weighted by Gasteiger charge is -2.05. The van der Waals surface area contributed by atoms with E-state index < -0.39 is 0 Å². The molecule has 2 aromatic heterocycles. The van der Waals surface area contributed by atoms with Gasteiger partial charge in [-0.05, 0) is 31.7 Å². The number of H-pyrrole nitrogens is 1. The number of aromatic amines is 1. The average Bonchev–Trinajstić information content (AvgIpc) is 2.98. The number of hydrogen-bond acceptors (Lipinski definition) is 5. The van der Waals surface area contributed by atoms with Gasteiger partial charge in [0.25, 0.3) is 0 Å². The summed E-state index contributed by atoms with van der Waals surface area (Å²) in [5.74, 6) is 0.473. The molecule has 8 heteroatoms. The molecule has 0 saturated carbocycles. The fourth-order valence-corrected chi connectivity index (χ4v) is 2.31. The molecule has 0 radical (unpaired) electrons. The van der Waals surface area contributed by atoms with Crippen LogP contribution in [0, 0.1) is 17.0 Å². The predicted octanol–water partition coefficient (Wildman–Crippen LogP) is 1.97. The van der Waals surface area contributed by atoms with E-state index in [0.29, 0.717) is 24.5 Å². The van der Waals surface area contributed by atoms with Crippen molar-refractivity contribution >= 4 is 11.5 Å². The fourth-order valence-electron chi connectivity index (χ4n) is 2.31. The summed E-state index contributed by atoms with van der Waals surface area (Å²) in [6, 6.07) is 0. The van der Waals surface area contributed by atoms with Crippen molar-refractivity contribution in [3.63, 3.8) is 0 Å². The monoisotopic (exact) mass is 292 g/mol. The van der Waals surface area contributed by atoms with Gasteiger partial charge in [0.1, 0.15) is 5.69 Å². The number of anilines is 1. The van der Waals surface area contributed by atoms with Gasteiger partial charge in [0.2, 0.25) is 5.82 Å². The Labute approximate surface area is 122 Å². The van der Waals surface area contributed by atoms with Crippen LogP contribution in [0.15, 0.2) is 6.20 Å². The first-order valence-corrected chi connectivity index (χ1v) is 6.97. The van der Waals surface area contributed by atoms with Crippen molar-refractivity contribution in [1.82, 2.24) is 20.0 Å². The molecular formula is C13H20N6O2. The van der Waals surface area contributed by atoms with Gasteiger partial charge in [-0.3, -0.25) is 15.2 Å². The number of aryl methyl sites for hydroxylation is 4. The molecular weight excluding hydrogens is 272 g/mol. The van der Waals surface area contributed by atoms with Gasteiger partial charge in [-0.15, -0.1) is 0 Å². The fraction of sp³-hybridized carbons (Fsp3) is 0.538. The van der Waals surface area contributed by atoms with Crippen molar-refractivity contribution in [2.24, 2.45) is 7.05 Å². The van der Waals surface area contributed by atoms with Crippen LogP contribution in [-0.4, -0.2) is 31.4 Å². The number of nitrogens with one attached hydrogen (secondary N) is 2. The van der Waals surface area contributed by atoms with Gasteiger partial charge in [0, 0.05) is 19.3 Å². The standard InChI is InChI=1S/C13H20N6O2/c1-4-11-12(19(20)21)13(18(3)17-11)14-7-5-6-10-8-15-16-9(10)2/h8,14H,4-7H2,1-3H3,(H,15,16). The van der Waals surface area contributed by atoms with Crippen molar-refractivity contribution in [1.29, 1.82) is 0 Å². The lowest BCUT2D eigenvalue weighted by Crippen LogP contribution is -2.08. The zero-order valence-corrected chi connectivity index (χ0v) is 12.5. The summed E-state index contributed by atoms with van der Waals surface area (Å²) in [4.78, 5) is 10.8. The molecule has 0 aliphatic heterocycles. The molecule has 0 fully saturated rings. The largest absolute Gasteiger partial charge is 0.365 e. The molecule has 0 aliphatic carbocycles. The lowest BCUT2D eigenvalue weighted by atomic mass is 10.1. The quantitative estimate of drug-likeness (QED) is 0.461. The molecule has 0 atom stereocenters. The Balaban J connectivity index is 1.98. The Bertz CT molecular complexity index is 631. The van der Waals surface area contributed by atoms with E-state index in [9.17, 15) is 10.1 Å². The average molecular weight is 292 g/mol. The maximum atomic E-state index is 11.2. The van der Waals surface area contributed by atoms with Gasteiger partial charge in [0.15, 0.2) is 0 Å². The molecule has 8 nitrogen and oxygen atoms in total. The van der Waals surface area contributed by atoms with Crippen molar-refractivity contribution < 1.29 is 4.92 Å². The SMILES string of the molecule is CCc1nn(C)c(NCCCc2cn[nH]c2C)c1[N+](=O)[O-]. The highest BCUT2D eigenvalue weighted by Crippen LogP contribution is 2.28. The topological polar surface area (TPSA) is 102 Å². The maximum absolute atomic E-state index is 11.2. The summed E-state index contributed by atoms with van der Waals surface area (Å²) in [6.45, 7) is 4.49. The molecule has 2 aromatic rings. The second-order valence-electron chi connectivity index (χ2n) is 4.93. The van der Waals surface area contributed by atoms with E-state index in [2.05, 4.69) is 20.6 Å². The Kier molecular flexibility index (Phi) is 4.56. The highest BCUT2D eigenvalue weighted by molar-refractivity contribution is 5.59. The molecule has 0 spiro atoms. The summed E-state index contributed by atoms with van der Waals surface area (Å²) >= 11 is 0. The molecule has 0 aliphatic rings. The van der Waals surface area contributed by atoms with Crippen LogP contribution < -0.4 is 5.32 Å². The Hall–Kier alpha value is -2.38. The predicted molar refractivity (Wildman–Crippen MR) is 79.4 cm³/mol. The maximum Gasteiger partial charge on any atom is 0.333 e. The highest BCUT2D eigenvalue weighted by atomic mass is 16.6. The van der Waals surface area contributed by atoms with Crippen LogP contribution in [0.5, 0.6) is 0 Å². The van der Waals surface area contributed by atoms with E-state index in [1.165, 1.54) is 5.56 Å². The van der Waals surface area contributed by atoms with Crippen molar-refractivity contribution in [2.45, 2.75) is 33.1 Å². The third-order valence-corrected chi connectivity index (χ3v) is 3.46. The lowest BCUT2D eigenvalue weighted by molar-refractivity contribution is -0.384. The van der Waals surface area contributed by atoms with Gasteiger partial charge in [-0.2, -0.15) is 10.2 Å². The second-order valence-corrected chi connectivity index (χ2v) is 4.93. The number of hydrogen-bond donors (Lipinski definition) is 2. The van der Waals surface area contributed by atoms with Crippen molar-refractivity contribution in [2.75, 3.05) is 11.9 Å². The van der Waals surface area contributed by atoms with Crippen LogP contribution in [-0.2, 0) is 19.9 Å². The van der Waals surface area contributed by atoms with Gasteiger partial charge in [-0.25, -0.2) is 4.68 Å². The zero-order valence-electron chi connectivity index (χ0n) is 12.5. The molecule has 0 amide bonds. The Morgan fingerprint density at radius 3 is 2.86 bits per heavy atom. The Morgan fingerprint density at radius 1 is 1.52 bits per heavy atom. The van der Waals surface area contributed by atoms with Crippen molar-refractivity contribution in [3.8, 4) is 0 Å². The highest BCUT2D eigenvalue weighted by Gasteiger charge is 2.25. The second kappa shape index (κ2) is 6.38. The van der Waals surface area contributed by atoms with E-state index in [1.54, 1.807) is 11.7 Å². The third-order valence-electron chi connectivity index (χ3n) is 3.46. The molecule has 2 N–H and O–H groups in total. The first-order valence-electron chi connectivity index (χ1n) is 6.97. The van der Waals surface area contributed by atoms with Crippen LogP contribution in [0.1, 0.15) is 30.3 Å². The smallest absolute Gasteiger partial charge is 0.333 e. The molecule has 0 saturated heterocycles. The summed E-state index contributed by atoms with van der Waals surface area (Å²) in [5, 5.41) is 25.4. The molecule has 0 unspecified atom stereocenters. The minimum absolute atomic E-state index is 0.0829. The van der Waals surface area contributed by atoms with Gasteiger partial charge in [-0.1, -0.05) is 6.92 Å². The van der Waals surface area contributed by atoms with Crippen LogP contribution in [0.25, 0.3) is 0 Å². The summed E-state index contributed by atoms with van der Waals surface area (Å²) < 4.78 is 1.54. The molecule has 21 heavy (non-hydrogen) atoms. The van der Waals surface area contributed by atoms with Crippen LogP contribution in [0.3, 0.4) is 0 Å². The first-order chi connectivity index (χ1) is 10.0. The molecule has 2 rings (SSSR count). The van der Waals surface area contributed by atoms with Crippen LogP contribution >= 0.6 is 0 Å². The normalized spacial score (nSPS) is 10.8. The number of nitrogens with zero attached hydrogens (tertiary/aromatic N) is 4. The molecule has 0 bridgehead atoms. The van der Waals surface area contributed by atoms with Gasteiger partial charge < -0.3 is 5.32 Å². The summed E-state index contributed by atoms with van der Waals surface area (Å²) in [6.07, 6.45) is 4.10. The zero-order chi connectivity index (χ0) is 15.4. The Morgan fingerprint density at radius 2 is 2.29 bits per heavy atom.